The summed E-state index contributed by atoms with van der Waals surface area (Å²) in [6.07, 6.45) is 0. The lowest BCUT2D eigenvalue weighted by Gasteiger charge is -2.23. The van der Waals surface area contributed by atoms with E-state index in [1.54, 1.807) is 0 Å². The van der Waals surface area contributed by atoms with E-state index in [1.807, 2.05) is 0 Å². The van der Waals surface area contributed by atoms with Gasteiger partial charge in [-0.1, -0.05) is 5.16 Å². The van der Waals surface area contributed by atoms with Crippen molar-refractivity contribution in [2.24, 2.45) is 0 Å². The second-order valence-corrected chi connectivity index (χ2v) is 4.67. The summed E-state index contributed by atoms with van der Waals surface area (Å²) in [7, 11) is 0. The van der Waals surface area contributed by atoms with Crippen molar-refractivity contribution < 1.29 is 13.8 Å². The van der Waals surface area contributed by atoms with Crippen LogP contribution < -0.4 is 5.32 Å². The molecule has 0 bridgehead atoms. The number of hydrogen-bond acceptors (Lipinski definition) is 6. The Morgan fingerprint density at radius 2 is 2.25 bits per heavy atom. The number of halogens is 1. The number of nitrogens with zero attached hydrogens (tertiary/aromatic N) is 3. The lowest BCUT2D eigenvalue weighted by molar-refractivity contribution is -0.385. The Labute approximate surface area is 112 Å². The smallest absolute Gasteiger partial charge is 0.276 e. The van der Waals surface area contributed by atoms with Crippen LogP contribution in [0.25, 0.3) is 11.5 Å². The Kier molecular flexibility index (Phi) is 2.94. The topological polar surface area (TPSA) is 94.1 Å². The molecule has 20 heavy (non-hydrogen) atoms. The first-order chi connectivity index (χ1) is 9.56. The van der Waals surface area contributed by atoms with E-state index >= 15 is 0 Å². The number of aromatic nitrogens is 2. The Balaban J connectivity index is 2.01. The molecule has 1 N–H and O–H groups in total. The minimum absolute atomic E-state index is 0.0123. The van der Waals surface area contributed by atoms with Gasteiger partial charge in [-0.15, -0.1) is 0 Å². The quantitative estimate of drug-likeness (QED) is 0.679. The first kappa shape index (κ1) is 12.7. The standard InChI is InChI=1S/C12H11FN4O3/c1-6-9(13)2-7(3-10(6)17(18)19)12-15-11(16-20-12)8-4-14-5-8/h2-3,8,14H,4-5H2,1H3. The van der Waals surface area contributed by atoms with Gasteiger partial charge in [-0.05, 0) is 13.0 Å². The van der Waals surface area contributed by atoms with Crippen molar-refractivity contribution in [3.8, 4) is 11.5 Å². The summed E-state index contributed by atoms with van der Waals surface area (Å²) >= 11 is 0. The van der Waals surface area contributed by atoms with Gasteiger partial charge in [-0.2, -0.15) is 4.98 Å². The third kappa shape index (κ3) is 2.03. The lowest BCUT2D eigenvalue weighted by atomic mass is 10.0. The van der Waals surface area contributed by atoms with Crippen molar-refractivity contribution >= 4 is 5.69 Å². The molecule has 7 nitrogen and oxygen atoms in total. The van der Waals surface area contributed by atoms with Crippen LogP contribution in [0.15, 0.2) is 16.7 Å². The van der Waals surface area contributed by atoms with Gasteiger partial charge < -0.3 is 9.84 Å². The van der Waals surface area contributed by atoms with Crippen molar-refractivity contribution in [1.29, 1.82) is 0 Å². The van der Waals surface area contributed by atoms with Crippen LogP contribution in [0.1, 0.15) is 17.3 Å². The highest BCUT2D eigenvalue weighted by Gasteiger charge is 2.25. The van der Waals surface area contributed by atoms with Gasteiger partial charge in [0.2, 0.25) is 0 Å². The van der Waals surface area contributed by atoms with Crippen LogP contribution in [0.5, 0.6) is 0 Å². The van der Waals surface area contributed by atoms with Gasteiger partial charge in [-0.3, -0.25) is 10.1 Å². The fraction of sp³-hybridized carbons (Fsp3) is 0.333. The third-order valence-electron chi connectivity index (χ3n) is 3.35. The van der Waals surface area contributed by atoms with E-state index in [-0.39, 0.29) is 28.6 Å². The highest BCUT2D eigenvalue weighted by molar-refractivity contribution is 5.60. The molecule has 0 amide bonds. The third-order valence-corrected chi connectivity index (χ3v) is 3.35. The molecule has 0 spiro atoms. The van der Waals surface area contributed by atoms with Crippen LogP contribution in [-0.4, -0.2) is 28.2 Å². The van der Waals surface area contributed by atoms with Crippen LogP contribution >= 0.6 is 0 Å². The maximum atomic E-state index is 13.7. The predicted molar refractivity (Wildman–Crippen MR) is 66.7 cm³/mol. The number of nitro groups is 1. The number of rotatable bonds is 3. The summed E-state index contributed by atoms with van der Waals surface area (Å²) in [4.78, 5) is 14.4. The molecular formula is C12H11FN4O3. The molecule has 3 rings (SSSR count). The Bertz CT molecular complexity index is 681. The Hall–Kier alpha value is -2.35. The largest absolute Gasteiger partial charge is 0.334 e. The van der Waals surface area contributed by atoms with Crippen molar-refractivity contribution in [2.75, 3.05) is 13.1 Å². The highest BCUT2D eigenvalue weighted by atomic mass is 19.1. The molecule has 8 heteroatoms. The van der Waals surface area contributed by atoms with Crippen molar-refractivity contribution in [1.82, 2.24) is 15.5 Å². The predicted octanol–water partition coefficient (Wildman–Crippen LogP) is 1.78. The second-order valence-electron chi connectivity index (χ2n) is 4.67. The summed E-state index contributed by atoms with van der Waals surface area (Å²) < 4.78 is 18.8. The molecule has 2 heterocycles. The summed E-state index contributed by atoms with van der Waals surface area (Å²) in [6.45, 7) is 2.89. The number of nitro benzene ring substituents is 1. The summed E-state index contributed by atoms with van der Waals surface area (Å²) in [5, 5.41) is 17.8. The van der Waals surface area contributed by atoms with E-state index in [9.17, 15) is 14.5 Å². The average molecular weight is 278 g/mol. The van der Waals surface area contributed by atoms with Gasteiger partial charge in [0.25, 0.3) is 11.6 Å². The molecule has 0 saturated carbocycles. The maximum Gasteiger partial charge on any atom is 0.276 e. The second kappa shape index (κ2) is 4.64. The Morgan fingerprint density at radius 1 is 1.50 bits per heavy atom. The van der Waals surface area contributed by atoms with E-state index in [1.165, 1.54) is 19.1 Å². The van der Waals surface area contributed by atoms with E-state index in [0.29, 0.717) is 5.82 Å². The van der Waals surface area contributed by atoms with E-state index < -0.39 is 10.7 Å². The van der Waals surface area contributed by atoms with Crippen LogP contribution in [0.4, 0.5) is 10.1 Å². The van der Waals surface area contributed by atoms with Gasteiger partial charge in [0, 0.05) is 30.6 Å². The Morgan fingerprint density at radius 3 is 2.85 bits per heavy atom. The molecule has 1 fully saturated rings. The first-order valence-corrected chi connectivity index (χ1v) is 6.05. The molecule has 1 aliphatic heterocycles. The van der Waals surface area contributed by atoms with Crippen molar-refractivity contribution in [3.63, 3.8) is 0 Å². The monoisotopic (exact) mass is 278 g/mol. The van der Waals surface area contributed by atoms with Gasteiger partial charge in [0.1, 0.15) is 5.82 Å². The zero-order chi connectivity index (χ0) is 14.3. The summed E-state index contributed by atoms with van der Waals surface area (Å²) in [6, 6.07) is 2.41. The normalized spacial score (nSPS) is 15.1. The van der Waals surface area contributed by atoms with Crippen molar-refractivity contribution in [3.05, 3.63) is 39.5 Å². The number of hydrogen-bond donors (Lipinski definition) is 1. The molecule has 104 valence electrons. The molecule has 0 radical (unpaired) electrons. The molecule has 0 atom stereocenters. The van der Waals surface area contributed by atoms with E-state index in [0.717, 1.165) is 13.1 Å². The fourth-order valence-electron chi connectivity index (χ4n) is 1.97. The minimum atomic E-state index is -0.667. The fourth-order valence-corrected chi connectivity index (χ4v) is 1.97. The van der Waals surface area contributed by atoms with Gasteiger partial charge in [0.05, 0.1) is 10.5 Å². The van der Waals surface area contributed by atoms with Gasteiger partial charge in [0.15, 0.2) is 5.82 Å². The molecule has 2 aromatic rings. The van der Waals surface area contributed by atoms with Crippen LogP contribution in [0, 0.1) is 22.9 Å². The number of benzene rings is 1. The van der Waals surface area contributed by atoms with Crippen LogP contribution in [0.2, 0.25) is 0 Å². The molecule has 1 saturated heterocycles. The molecule has 0 unspecified atom stereocenters. The highest BCUT2D eigenvalue weighted by Crippen LogP contribution is 2.29. The SMILES string of the molecule is Cc1c(F)cc(-c2nc(C3CNC3)no2)cc1[N+](=O)[O-]. The maximum absolute atomic E-state index is 13.7. The molecule has 1 aliphatic rings. The average Bonchev–Trinajstić information content (AvgIpc) is 2.79. The van der Waals surface area contributed by atoms with Gasteiger partial charge in [-0.25, -0.2) is 4.39 Å². The zero-order valence-corrected chi connectivity index (χ0v) is 10.6. The van der Waals surface area contributed by atoms with Gasteiger partial charge >= 0.3 is 0 Å². The summed E-state index contributed by atoms with van der Waals surface area (Å²) in [5.74, 6) is 0.133. The molecule has 0 aliphatic carbocycles. The molecule has 1 aromatic heterocycles. The van der Waals surface area contributed by atoms with Crippen LogP contribution in [0.3, 0.4) is 0 Å². The molecular weight excluding hydrogens is 267 g/mol. The van der Waals surface area contributed by atoms with Crippen molar-refractivity contribution in [2.45, 2.75) is 12.8 Å². The lowest BCUT2D eigenvalue weighted by Crippen LogP contribution is -2.40. The van der Waals surface area contributed by atoms with E-state index in [2.05, 4.69) is 15.5 Å². The van der Waals surface area contributed by atoms with Crippen LogP contribution in [-0.2, 0) is 0 Å². The first-order valence-electron chi connectivity index (χ1n) is 6.05. The zero-order valence-electron chi connectivity index (χ0n) is 10.6. The molecule has 1 aromatic carbocycles. The summed E-state index contributed by atoms with van der Waals surface area (Å²) in [5.41, 5.74) is -0.0995. The number of nitrogens with one attached hydrogen (secondary N) is 1. The van der Waals surface area contributed by atoms with E-state index in [4.69, 9.17) is 4.52 Å². The minimum Gasteiger partial charge on any atom is -0.334 e.